The minimum absolute atomic E-state index is 0.0423. The lowest BCUT2D eigenvalue weighted by Crippen LogP contribution is -2.27. The predicted octanol–water partition coefficient (Wildman–Crippen LogP) is 2.03. The zero-order valence-electron chi connectivity index (χ0n) is 12.4. The van der Waals surface area contributed by atoms with Crippen LogP contribution in [0.5, 0.6) is 0 Å². The maximum Gasteiger partial charge on any atom is 0.243 e. The Labute approximate surface area is 116 Å². The summed E-state index contributed by atoms with van der Waals surface area (Å²) < 4.78 is 4.83. The Bertz CT molecular complexity index is 311. The fraction of sp³-hybridized carbons (Fsp3) is 0.800. The highest BCUT2D eigenvalue weighted by atomic mass is 16.5. The van der Waals surface area contributed by atoms with Crippen molar-refractivity contribution in [1.82, 2.24) is 5.32 Å². The van der Waals surface area contributed by atoms with Gasteiger partial charge in [0.05, 0.1) is 12.7 Å². The van der Waals surface area contributed by atoms with Crippen LogP contribution in [0.25, 0.3) is 0 Å². The fourth-order valence-electron chi connectivity index (χ4n) is 2.27. The number of allylic oxidation sites excluding steroid dienone is 1. The zero-order chi connectivity index (χ0) is 14.3. The molecule has 0 spiro atoms. The van der Waals surface area contributed by atoms with Crippen LogP contribution in [-0.4, -0.2) is 37.4 Å². The summed E-state index contributed by atoms with van der Waals surface area (Å²) in [4.78, 5) is 11.7. The van der Waals surface area contributed by atoms with E-state index in [0.29, 0.717) is 25.0 Å². The standard InChI is InChI=1S/C15H27NO3/c1-15(2)7-4-12(5-8-15)10-14(18)16-9-6-13(17)11-19-3/h10,13,17H,4-9,11H2,1-3H3,(H,16,18). The first-order chi connectivity index (χ1) is 8.93. The topological polar surface area (TPSA) is 58.6 Å². The summed E-state index contributed by atoms with van der Waals surface area (Å²) in [6.45, 7) is 5.35. The number of hydrogen-bond acceptors (Lipinski definition) is 3. The van der Waals surface area contributed by atoms with Crippen LogP contribution in [0.2, 0.25) is 0 Å². The molecule has 0 bridgehead atoms. The number of rotatable bonds is 6. The Morgan fingerprint density at radius 1 is 1.47 bits per heavy atom. The lowest BCUT2D eigenvalue weighted by Gasteiger charge is -2.30. The Morgan fingerprint density at radius 3 is 2.68 bits per heavy atom. The van der Waals surface area contributed by atoms with Crippen LogP contribution in [0.1, 0.15) is 46.0 Å². The Morgan fingerprint density at radius 2 is 2.11 bits per heavy atom. The Balaban J connectivity index is 2.24. The number of aliphatic hydroxyl groups excluding tert-OH is 1. The van der Waals surface area contributed by atoms with Crippen LogP contribution < -0.4 is 5.32 Å². The number of carbonyl (C=O) groups excluding carboxylic acids is 1. The number of aliphatic hydroxyl groups is 1. The average Bonchev–Trinajstić information content (AvgIpc) is 2.32. The molecule has 0 aliphatic heterocycles. The van der Waals surface area contributed by atoms with Gasteiger partial charge in [-0.25, -0.2) is 0 Å². The first kappa shape index (κ1) is 16.2. The first-order valence-electron chi connectivity index (χ1n) is 7.07. The molecular formula is C15H27NO3. The number of hydrogen-bond donors (Lipinski definition) is 2. The van der Waals surface area contributed by atoms with Crippen LogP contribution in [0.15, 0.2) is 11.6 Å². The van der Waals surface area contributed by atoms with Gasteiger partial charge in [0.15, 0.2) is 0 Å². The molecule has 1 fully saturated rings. The smallest absolute Gasteiger partial charge is 0.243 e. The van der Waals surface area contributed by atoms with Gasteiger partial charge in [0.2, 0.25) is 5.91 Å². The summed E-state index contributed by atoms with van der Waals surface area (Å²) >= 11 is 0. The molecule has 0 saturated heterocycles. The molecule has 1 aliphatic rings. The Kier molecular flexibility index (Phi) is 6.52. The Hall–Kier alpha value is -0.870. The van der Waals surface area contributed by atoms with Crippen molar-refractivity contribution in [2.45, 2.75) is 52.1 Å². The molecular weight excluding hydrogens is 242 g/mol. The normalized spacial score (nSPS) is 19.9. The van der Waals surface area contributed by atoms with Crippen LogP contribution in [0, 0.1) is 5.41 Å². The molecule has 1 amide bonds. The molecule has 0 heterocycles. The summed E-state index contributed by atoms with van der Waals surface area (Å²) in [5, 5.41) is 12.3. The van der Waals surface area contributed by atoms with E-state index in [-0.39, 0.29) is 5.91 Å². The van der Waals surface area contributed by atoms with E-state index in [1.807, 2.05) is 0 Å². The molecule has 19 heavy (non-hydrogen) atoms. The van der Waals surface area contributed by atoms with Crippen molar-refractivity contribution in [1.29, 1.82) is 0 Å². The highest BCUT2D eigenvalue weighted by Gasteiger charge is 2.23. The molecule has 0 aromatic rings. The van der Waals surface area contributed by atoms with E-state index in [4.69, 9.17) is 4.74 Å². The van der Waals surface area contributed by atoms with Crippen molar-refractivity contribution in [3.8, 4) is 0 Å². The van der Waals surface area contributed by atoms with Crippen LogP contribution in [0.3, 0.4) is 0 Å². The molecule has 2 N–H and O–H groups in total. The molecule has 1 unspecified atom stereocenters. The molecule has 1 rings (SSSR count). The summed E-state index contributed by atoms with van der Waals surface area (Å²) in [6, 6.07) is 0. The number of carbonyl (C=O) groups is 1. The van der Waals surface area contributed by atoms with Gasteiger partial charge in [-0.3, -0.25) is 4.79 Å². The van der Waals surface area contributed by atoms with Gasteiger partial charge < -0.3 is 15.2 Å². The summed E-state index contributed by atoms with van der Waals surface area (Å²) in [5.41, 5.74) is 1.66. The van der Waals surface area contributed by atoms with E-state index in [9.17, 15) is 9.90 Å². The SMILES string of the molecule is COCC(O)CCNC(=O)C=C1CCC(C)(C)CC1. The molecule has 1 aliphatic carbocycles. The van der Waals surface area contributed by atoms with Crippen LogP contribution in [0.4, 0.5) is 0 Å². The molecule has 0 aromatic heterocycles. The van der Waals surface area contributed by atoms with E-state index in [0.717, 1.165) is 25.7 Å². The summed E-state index contributed by atoms with van der Waals surface area (Å²) in [5.74, 6) is -0.0423. The lowest BCUT2D eigenvalue weighted by atomic mass is 9.75. The number of amides is 1. The van der Waals surface area contributed by atoms with E-state index in [1.54, 1.807) is 13.2 Å². The maximum atomic E-state index is 11.7. The van der Waals surface area contributed by atoms with E-state index in [2.05, 4.69) is 19.2 Å². The van der Waals surface area contributed by atoms with E-state index < -0.39 is 6.10 Å². The van der Waals surface area contributed by atoms with Crippen molar-refractivity contribution < 1.29 is 14.6 Å². The fourth-order valence-corrected chi connectivity index (χ4v) is 2.27. The number of methoxy groups -OCH3 is 1. The minimum atomic E-state index is -0.506. The quantitative estimate of drug-likeness (QED) is 0.725. The first-order valence-corrected chi connectivity index (χ1v) is 7.07. The monoisotopic (exact) mass is 269 g/mol. The molecule has 110 valence electrons. The van der Waals surface area contributed by atoms with Gasteiger partial charge in [0.25, 0.3) is 0 Å². The minimum Gasteiger partial charge on any atom is -0.391 e. The van der Waals surface area contributed by atoms with Crippen LogP contribution >= 0.6 is 0 Å². The third-order valence-electron chi connectivity index (χ3n) is 3.72. The van der Waals surface area contributed by atoms with Gasteiger partial charge >= 0.3 is 0 Å². The largest absolute Gasteiger partial charge is 0.391 e. The highest BCUT2D eigenvalue weighted by molar-refractivity contribution is 5.88. The van der Waals surface area contributed by atoms with E-state index >= 15 is 0 Å². The lowest BCUT2D eigenvalue weighted by molar-refractivity contribution is -0.116. The highest BCUT2D eigenvalue weighted by Crippen LogP contribution is 2.37. The molecule has 4 nitrogen and oxygen atoms in total. The summed E-state index contributed by atoms with van der Waals surface area (Å²) in [6.07, 6.45) is 6.10. The second-order valence-electron chi connectivity index (χ2n) is 6.16. The van der Waals surface area contributed by atoms with Gasteiger partial charge in [-0.15, -0.1) is 0 Å². The van der Waals surface area contributed by atoms with E-state index in [1.165, 1.54) is 5.57 Å². The maximum absolute atomic E-state index is 11.7. The number of ether oxygens (including phenoxy) is 1. The number of nitrogens with one attached hydrogen (secondary N) is 1. The molecule has 1 saturated carbocycles. The second-order valence-corrected chi connectivity index (χ2v) is 6.16. The van der Waals surface area contributed by atoms with Gasteiger partial charge in [-0.1, -0.05) is 19.4 Å². The zero-order valence-corrected chi connectivity index (χ0v) is 12.4. The molecule has 0 radical (unpaired) electrons. The van der Waals surface area contributed by atoms with Gasteiger partial charge in [-0.2, -0.15) is 0 Å². The van der Waals surface area contributed by atoms with Gasteiger partial charge in [0.1, 0.15) is 0 Å². The summed E-state index contributed by atoms with van der Waals surface area (Å²) in [7, 11) is 1.55. The third kappa shape index (κ3) is 6.73. The predicted molar refractivity (Wildman–Crippen MR) is 75.8 cm³/mol. The van der Waals surface area contributed by atoms with Crippen molar-refractivity contribution >= 4 is 5.91 Å². The van der Waals surface area contributed by atoms with Crippen LogP contribution in [-0.2, 0) is 9.53 Å². The average molecular weight is 269 g/mol. The van der Waals surface area contributed by atoms with Crippen molar-refractivity contribution in [3.05, 3.63) is 11.6 Å². The molecule has 4 heteroatoms. The molecule has 1 atom stereocenters. The molecule has 0 aromatic carbocycles. The second kappa shape index (κ2) is 7.65. The van der Waals surface area contributed by atoms with Gasteiger partial charge in [-0.05, 0) is 37.5 Å². The third-order valence-corrected chi connectivity index (χ3v) is 3.72. The van der Waals surface area contributed by atoms with Crippen molar-refractivity contribution in [3.63, 3.8) is 0 Å². The van der Waals surface area contributed by atoms with Crippen molar-refractivity contribution in [2.24, 2.45) is 5.41 Å². The van der Waals surface area contributed by atoms with Gasteiger partial charge in [0, 0.05) is 19.7 Å². The van der Waals surface area contributed by atoms with Crippen molar-refractivity contribution in [2.75, 3.05) is 20.3 Å².